The van der Waals surface area contributed by atoms with Gasteiger partial charge in [0, 0.05) is 7.11 Å². The van der Waals surface area contributed by atoms with Crippen LogP contribution in [0.3, 0.4) is 0 Å². The summed E-state index contributed by atoms with van der Waals surface area (Å²) in [5.41, 5.74) is 1.96. The summed E-state index contributed by atoms with van der Waals surface area (Å²) in [5, 5.41) is 10.3. The number of aliphatic hydroxyl groups is 1. The standard InChI is InChI=1S/C14H18O2/c1-16-13-10-6-5-9-12(13)14(15)11-7-3-2-4-8-11/h2-4,7-9,13-15H,5-6,10H2,1H3/t13-,14-/m0/s1. The third-order valence-electron chi connectivity index (χ3n) is 3.14. The molecule has 1 aliphatic carbocycles. The quantitative estimate of drug-likeness (QED) is 0.790. The van der Waals surface area contributed by atoms with E-state index in [1.807, 2.05) is 30.3 Å². The van der Waals surface area contributed by atoms with Gasteiger partial charge >= 0.3 is 0 Å². The Morgan fingerprint density at radius 3 is 2.75 bits per heavy atom. The second-order valence-corrected chi connectivity index (χ2v) is 4.17. The highest BCUT2D eigenvalue weighted by Crippen LogP contribution is 2.31. The molecule has 0 aliphatic heterocycles. The summed E-state index contributed by atoms with van der Waals surface area (Å²) in [6.45, 7) is 0. The summed E-state index contributed by atoms with van der Waals surface area (Å²) in [6, 6.07) is 9.76. The highest BCUT2D eigenvalue weighted by Gasteiger charge is 2.24. The minimum Gasteiger partial charge on any atom is -0.384 e. The number of hydrogen-bond donors (Lipinski definition) is 1. The van der Waals surface area contributed by atoms with E-state index in [0.717, 1.165) is 30.4 Å². The molecule has 0 heterocycles. The van der Waals surface area contributed by atoms with Crippen LogP contribution in [-0.2, 0) is 4.74 Å². The van der Waals surface area contributed by atoms with Crippen molar-refractivity contribution in [1.82, 2.24) is 0 Å². The van der Waals surface area contributed by atoms with Gasteiger partial charge in [0.15, 0.2) is 0 Å². The zero-order valence-electron chi connectivity index (χ0n) is 9.60. The van der Waals surface area contributed by atoms with Gasteiger partial charge in [-0.3, -0.25) is 0 Å². The molecule has 1 N–H and O–H groups in total. The topological polar surface area (TPSA) is 29.5 Å². The number of ether oxygens (including phenoxy) is 1. The highest BCUT2D eigenvalue weighted by atomic mass is 16.5. The van der Waals surface area contributed by atoms with Gasteiger partial charge in [-0.05, 0) is 30.4 Å². The van der Waals surface area contributed by atoms with E-state index in [9.17, 15) is 5.11 Å². The molecule has 0 fully saturated rings. The summed E-state index contributed by atoms with van der Waals surface area (Å²) in [6.07, 6.45) is 4.86. The van der Waals surface area contributed by atoms with Gasteiger partial charge in [0.2, 0.25) is 0 Å². The molecule has 2 nitrogen and oxygen atoms in total. The number of methoxy groups -OCH3 is 1. The molecule has 2 heteroatoms. The molecule has 0 amide bonds. The van der Waals surface area contributed by atoms with Gasteiger partial charge in [0.1, 0.15) is 6.10 Å². The second kappa shape index (κ2) is 5.28. The summed E-state index contributed by atoms with van der Waals surface area (Å²) in [4.78, 5) is 0. The number of aliphatic hydroxyl groups excluding tert-OH is 1. The molecular weight excluding hydrogens is 200 g/mol. The molecule has 0 radical (unpaired) electrons. The fourth-order valence-electron chi connectivity index (χ4n) is 2.24. The summed E-state index contributed by atoms with van der Waals surface area (Å²) in [7, 11) is 1.71. The lowest BCUT2D eigenvalue weighted by atomic mass is 9.89. The van der Waals surface area contributed by atoms with Crippen LogP contribution in [0, 0.1) is 0 Å². The first-order chi connectivity index (χ1) is 7.83. The van der Waals surface area contributed by atoms with Crippen LogP contribution in [0.15, 0.2) is 42.0 Å². The van der Waals surface area contributed by atoms with Gasteiger partial charge in [-0.1, -0.05) is 36.4 Å². The molecule has 0 bridgehead atoms. The molecule has 1 aromatic rings. The second-order valence-electron chi connectivity index (χ2n) is 4.17. The maximum atomic E-state index is 10.3. The van der Waals surface area contributed by atoms with Crippen molar-refractivity contribution in [3.63, 3.8) is 0 Å². The first-order valence-corrected chi connectivity index (χ1v) is 5.78. The van der Waals surface area contributed by atoms with E-state index in [1.165, 1.54) is 0 Å². The van der Waals surface area contributed by atoms with Crippen LogP contribution in [0.5, 0.6) is 0 Å². The van der Waals surface area contributed by atoms with Crippen LogP contribution >= 0.6 is 0 Å². The minimum atomic E-state index is -0.522. The summed E-state index contributed by atoms with van der Waals surface area (Å²) >= 11 is 0. The van der Waals surface area contributed by atoms with Crippen LogP contribution in [0.2, 0.25) is 0 Å². The van der Waals surface area contributed by atoms with Crippen molar-refractivity contribution in [3.8, 4) is 0 Å². The van der Waals surface area contributed by atoms with Crippen molar-refractivity contribution in [2.45, 2.75) is 31.5 Å². The van der Waals surface area contributed by atoms with Gasteiger partial charge in [0.25, 0.3) is 0 Å². The molecule has 0 saturated heterocycles. The monoisotopic (exact) mass is 218 g/mol. The van der Waals surface area contributed by atoms with E-state index in [2.05, 4.69) is 6.08 Å². The normalized spacial score (nSPS) is 22.6. The number of rotatable bonds is 3. The molecular formula is C14H18O2. The van der Waals surface area contributed by atoms with E-state index < -0.39 is 6.10 Å². The Morgan fingerprint density at radius 2 is 2.06 bits per heavy atom. The maximum Gasteiger partial charge on any atom is 0.103 e. The molecule has 86 valence electrons. The average Bonchev–Trinajstić information content (AvgIpc) is 2.39. The Bertz CT molecular complexity index is 356. The van der Waals surface area contributed by atoms with Gasteiger partial charge in [-0.15, -0.1) is 0 Å². The average molecular weight is 218 g/mol. The molecule has 16 heavy (non-hydrogen) atoms. The number of benzene rings is 1. The van der Waals surface area contributed by atoms with Crippen molar-refractivity contribution in [3.05, 3.63) is 47.5 Å². The lowest BCUT2D eigenvalue weighted by Gasteiger charge is -2.26. The smallest absolute Gasteiger partial charge is 0.103 e. The van der Waals surface area contributed by atoms with Crippen LogP contribution in [-0.4, -0.2) is 18.3 Å². The van der Waals surface area contributed by atoms with Gasteiger partial charge in [0.05, 0.1) is 6.10 Å². The predicted molar refractivity (Wildman–Crippen MR) is 64.1 cm³/mol. The van der Waals surface area contributed by atoms with Crippen molar-refractivity contribution >= 4 is 0 Å². The first-order valence-electron chi connectivity index (χ1n) is 5.78. The van der Waals surface area contributed by atoms with E-state index in [1.54, 1.807) is 7.11 Å². The number of allylic oxidation sites excluding steroid dienone is 1. The molecule has 1 aliphatic rings. The predicted octanol–water partition coefficient (Wildman–Crippen LogP) is 2.85. The zero-order chi connectivity index (χ0) is 11.4. The van der Waals surface area contributed by atoms with Crippen LogP contribution in [0.25, 0.3) is 0 Å². The van der Waals surface area contributed by atoms with E-state index in [0.29, 0.717) is 0 Å². The van der Waals surface area contributed by atoms with Gasteiger partial charge in [-0.2, -0.15) is 0 Å². The van der Waals surface area contributed by atoms with Crippen molar-refractivity contribution < 1.29 is 9.84 Å². The molecule has 0 spiro atoms. The summed E-state index contributed by atoms with van der Waals surface area (Å²) in [5.74, 6) is 0. The Labute approximate surface area is 96.6 Å². The molecule has 1 aromatic carbocycles. The fraction of sp³-hybridized carbons (Fsp3) is 0.429. The van der Waals surface area contributed by atoms with Crippen LogP contribution in [0.4, 0.5) is 0 Å². The third kappa shape index (κ3) is 2.34. The van der Waals surface area contributed by atoms with Gasteiger partial charge in [-0.25, -0.2) is 0 Å². The van der Waals surface area contributed by atoms with Crippen molar-refractivity contribution in [2.75, 3.05) is 7.11 Å². The van der Waals surface area contributed by atoms with Crippen molar-refractivity contribution in [1.29, 1.82) is 0 Å². The Kier molecular flexibility index (Phi) is 3.75. The van der Waals surface area contributed by atoms with Crippen LogP contribution in [0.1, 0.15) is 30.9 Å². The van der Waals surface area contributed by atoms with Crippen LogP contribution < -0.4 is 0 Å². The third-order valence-corrected chi connectivity index (χ3v) is 3.14. The first kappa shape index (κ1) is 11.4. The summed E-state index contributed by atoms with van der Waals surface area (Å²) < 4.78 is 5.42. The van der Waals surface area contributed by atoms with Crippen molar-refractivity contribution in [2.24, 2.45) is 0 Å². The Balaban J connectivity index is 2.20. The number of hydrogen-bond acceptors (Lipinski definition) is 2. The van der Waals surface area contributed by atoms with E-state index in [-0.39, 0.29) is 6.10 Å². The molecule has 2 rings (SSSR count). The highest BCUT2D eigenvalue weighted by molar-refractivity contribution is 5.28. The fourth-order valence-corrected chi connectivity index (χ4v) is 2.24. The Hall–Kier alpha value is -1.12. The van der Waals surface area contributed by atoms with E-state index in [4.69, 9.17) is 4.74 Å². The molecule has 2 atom stereocenters. The Morgan fingerprint density at radius 1 is 1.31 bits per heavy atom. The SMILES string of the molecule is CO[C@H]1CCCC=C1[C@@H](O)c1ccccc1. The largest absolute Gasteiger partial charge is 0.384 e. The maximum absolute atomic E-state index is 10.3. The van der Waals surface area contributed by atoms with E-state index >= 15 is 0 Å². The lowest BCUT2D eigenvalue weighted by Crippen LogP contribution is -2.21. The minimum absolute atomic E-state index is 0.0731. The molecule has 0 unspecified atom stereocenters. The molecule has 0 aromatic heterocycles. The molecule has 0 saturated carbocycles. The van der Waals surface area contributed by atoms with Gasteiger partial charge < -0.3 is 9.84 Å². The lowest BCUT2D eigenvalue weighted by molar-refractivity contribution is 0.0859. The zero-order valence-corrected chi connectivity index (χ0v) is 9.60.